The van der Waals surface area contributed by atoms with Crippen LogP contribution in [0.4, 0.5) is 18.9 Å². The molecule has 0 saturated carbocycles. The topological polar surface area (TPSA) is 66.5 Å². The summed E-state index contributed by atoms with van der Waals surface area (Å²) in [5.41, 5.74) is -0.151. The molecule has 0 heterocycles. The molecule has 5 nitrogen and oxygen atoms in total. The SMILES string of the molecule is C[C@@H](CCc1ccccc1)NC(=O)CN(c1cccc(C(F)(F)F)c1)S(=O)(=O)c1ccccc1. The van der Waals surface area contributed by atoms with E-state index >= 15 is 0 Å². The molecule has 1 amide bonds. The Morgan fingerprint density at radius 2 is 1.56 bits per heavy atom. The number of hydrogen-bond acceptors (Lipinski definition) is 3. The summed E-state index contributed by atoms with van der Waals surface area (Å²) >= 11 is 0. The number of carbonyl (C=O) groups is 1. The Balaban J connectivity index is 1.82. The maximum absolute atomic E-state index is 13.3. The molecule has 0 aliphatic heterocycles. The second-order valence-corrected chi connectivity index (χ2v) is 9.73. The van der Waals surface area contributed by atoms with Crippen LogP contribution < -0.4 is 9.62 Å². The highest BCUT2D eigenvalue weighted by atomic mass is 32.2. The number of sulfonamides is 1. The molecule has 0 aliphatic carbocycles. The summed E-state index contributed by atoms with van der Waals surface area (Å²) < 4.78 is 67.1. The van der Waals surface area contributed by atoms with Crippen molar-refractivity contribution in [1.29, 1.82) is 0 Å². The molecule has 0 fully saturated rings. The van der Waals surface area contributed by atoms with Crippen LogP contribution in [-0.2, 0) is 27.4 Å². The third-order valence-corrected chi connectivity index (χ3v) is 6.98. The molecule has 3 rings (SSSR count). The second-order valence-electron chi connectivity index (χ2n) is 7.87. The lowest BCUT2D eigenvalue weighted by Crippen LogP contribution is -2.43. The molecule has 0 spiro atoms. The van der Waals surface area contributed by atoms with Crippen LogP contribution in [0.3, 0.4) is 0 Å². The molecule has 0 bridgehead atoms. The van der Waals surface area contributed by atoms with Gasteiger partial charge in [0.05, 0.1) is 16.1 Å². The molecule has 0 aromatic heterocycles. The number of anilines is 1. The van der Waals surface area contributed by atoms with Gasteiger partial charge in [0, 0.05) is 6.04 Å². The third kappa shape index (κ3) is 6.60. The van der Waals surface area contributed by atoms with E-state index in [1.807, 2.05) is 30.3 Å². The first kappa shape index (κ1) is 25.3. The lowest BCUT2D eigenvalue weighted by atomic mass is 10.1. The van der Waals surface area contributed by atoms with Gasteiger partial charge in [-0.2, -0.15) is 13.2 Å². The Labute approximate surface area is 197 Å². The average molecular weight is 491 g/mol. The van der Waals surface area contributed by atoms with Gasteiger partial charge in [-0.15, -0.1) is 0 Å². The number of nitrogens with one attached hydrogen (secondary N) is 1. The quantitative estimate of drug-likeness (QED) is 0.457. The highest BCUT2D eigenvalue weighted by molar-refractivity contribution is 7.92. The maximum atomic E-state index is 13.3. The van der Waals surface area contributed by atoms with E-state index in [1.165, 1.54) is 30.3 Å². The molecule has 0 saturated heterocycles. The van der Waals surface area contributed by atoms with Crippen molar-refractivity contribution >= 4 is 21.6 Å². The molecule has 180 valence electrons. The van der Waals surface area contributed by atoms with E-state index in [9.17, 15) is 26.4 Å². The van der Waals surface area contributed by atoms with Gasteiger partial charge in [-0.3, -0.25) is 9.10 Å². The van der Waals surface area contributed by atoms with E-state index in [-0.39, 0.29) is 16.6 Å². The Morgan fingerprint density at radius 1 is 0.941 bits per heavy atom. The highest BCUT2D eigenvalue weighted by Gasteiger charge is 2.33. The normalized spacial score (nSPS) is 12.7. The first-order chi connectivity index (χ1) is 16.1. The minimum Gasteiger partial charge on any atom is -0.352 e. The predicted octanol–water partition coefficient (Wildman–Crippen LogP) is 5.04. The fourth-order valence-electron chi connectivity index (χ4n) is 3.42. The van der Waals surface area contributed by atoms with Crippen LogP contribution in [-0.4, -0.2) is 26.9 Å². The molecule has 1 atom stereocenters. The number of carbonyl (C=O) groups excluding carboxylic acids is 1. The number of hydrogen-bond donors (Lipinski definition) is 1. The summed E-state index contributed by atoms with van der Waals surface area (Å²) in [6.07, 6.45) is -3.33. The monoisotopic (exact) mass is 490 g/mol. The summed E-state index contributed by atoms with van der Waals surface area (Å²) in [6, 6.07) is 20.6. The summed E-state index contributed by atoms with van der Waals surface area (Å²) in [6.45, 7) is 1.13. The molecule has 0 aliphatic rings. The summed E-state index contributed by atoms with van der Waals surface area (Å²) in [5.74, 6) is -0.613. The van der Waals surface area contributed by atoms with Crippen molar-refractivity contribution in [3.8, 4) is 0 Å². The van der Waals surface area contributed by atoms with Crippen LogP contribution in [0.5, 0.6) is 0 Å². The van der Waals surface area contributed by atoms with E-state index in [1.54, 1.807) is 13.0 Å². The smallest absolute Gasteiger partial charge is 0.352 e. The molecule has 0 unspecified atom stereocenters. The number of rotatable bonds is 9. The van der Waals surface area contributed by atoms with Gasteiger partial charge in [-0.1, -0.05) is 54.6 Å². The zero-order chi connectivity index (χ0) is 24.8. The van der Waals surface area contributed by atoms with Gasteiger partial charge in [0.2, 0.25) is 5.91 Å². The van der Waals surface area contributed by atoms with Gasteiger partial charge in [0.25, 0.3) is 10.0 Å². The van der Waals surface area contributed by atoms with Gasteiger partial charge in [0.1, 0.15) is 6.54 Å². The van der Waals surface area contributed by atoms with Crippen molar-refractivity contribution in [3.05, 3.63) is 96.1 Å². The van der Waals surface area contributed by atoms with E-state index in [0.29, 0.717) is 17.1 Å². The summed E-state index contributed by atoms with van der Waals surface area (Å²) in [4.78, 5) is 12.6. The molecule has 3 aromatic rings. The van der Waals surface area contributed by atoms with Crippen LogP contribution in [0.2, 0.25) is 0 Å². The number of aryl methyl sites for hydroxylation is 1. The molecule has 1 N–H and O–H groups in total. The maximum Gasteiger partial charge on any atom is 0.416 e. The van der Waals surface area contributed by atoms with E-state index in [4.69, 9.17) is 0 Å². The number of alkyl halides is 3. The first-order valence-electron chi connectivity index (χ1n) is 10.7. The zero-order valence-electron chi connectivity index (χ0n) is 18.5. The number of halogens is 3. The zero-order valence-corrected chi connectivity index (χ0v) is 19.3. The lowest BCUT2D eigenvalue weighted by Gasteiger charge is -2.25. The Bertz CT molecular complexity index is 1200. The van der Waals surface area contributed by atoms with Crippen molar-refractivity contribution < 1.29 is 26.4 Å². The van der Waals surface area contributed by atoms with Crippen LogP contribution >= 0.6 is 0 Å². The largest absolute Gasteiger partial charge is 0.416 e. The lowest BCUT2D eigenvalue weighted by molar-refractivity contribution is -0.137. The van der Waals surface area contributed by atoms with Crippen LogP contribution in [0.1, 0.15) is 24.5 Å². The number of nitrogens with zero attached hydrogens (tertiary/aromatic N) is 1. The van der Waals surface area contributed by atoms with Gasteiger partial charge in [-0.05, 0) is 55.7 Å². The number of amides is 1. The van der Waals surface area contributed by atoms with Gasteiger partial charge in [0.15, 0.2) is 0 Å². The fraction of sp³-hybridized carbons (Fsp3) is 0.240. The van der Waals surface area contributed by atoms with Crippen molar-refractivity contribution in [2.75, 3.05) is 10.8 Å². The van der Waals surface area contributed by atoms with Crippen molar-refractivity contribution in [3.63, 3.8) is 0 Å². The summed E-state index contributed by atoms with van der Waals surface area (Å²) in [7, 11) is -4.30. The van der Waals surface area contributed by atoms with E-state index in [0.717, 1.165) is 23.8 Å². The van der Waals surface area contributed by atoms with Crippen molar-refractivity contribution in [2.45, 2.75) is 36.9 Å². The van der Waals surface area contributed by atoms with Crippen LogP contribution in [0, 0.1) is 0 Å². The van der Waals surface area contributed by atoms with Crippen molar-refractivity contribution in [2.24, 2.45) is 0 Å². The molecular weight excluding hydrogens is 465 g/mol. The Morgan fingerprint density at radius 3 is 2.18 bits per heavy atom. The molecular formula is C25H25F3N2O3S. The molecule has 0 radical (unpaired) electrons. The minimum atomic E-state index is -4.66. The van der Waals surface area contributed by atoms with Crippen LogP contribution in [0.25, 0.3) is 0 Å². The standard InChI is InChI=1S/C25H25F3N2O3S/c1-19(15-16-20-9-4-2-5-10-20)29-24(31)18-30(34(32,33)23-13-6-3-7-14-23)22-12-8-11-21(17-22)25(26,27)28/h2-14,17,19H,15-16,18H2,1H3,(H,29,31)/t19-/m0/s1. The first-order valence-corrected chi connectivity index (χ1v) is 12.1. The van der Waals surface area contributed by atoms with Gasteiger partial charge in [-0.25, -0.2) is 8.42 Å². The summed E-state index contributed by atoms with van der Waals surface area (Å²) in [5, 5.41) is 2.75. The molecule has 9 heteroatoms. The number of benzene rings is 3. The Hall–Kier alpha value is -3.33. The minimum absolute atomic E-state index is 0.127. The Kier molecular flexibility index (Phi) is 7.98. The molecule has 34 heavy (non-hydrogen) atoms. The molecule has 3 aromatic carbocycles. The van der Waals surface area contributed by atoms with Crippen LogP contribution in [0.15, 0.2) is 89.8 Å². The van der Waals surface area contributed by atoms with Gasteiger partial charge < -0.3 is 5.32 Å². The fourth-order valence-corrected chi connectivity index (χ4v) is 4.86. The predicted molar refractivity (Wildman–Crippen MR) is 125 cm³/mol. The second kappa shape index (κ2) is 10.7. The van der Waals surface area contributed by atoms with Gasteiger partial charge >= 0.3 is 6.18 Å². The third-order valence-electron chi connectivity index (χ3n) is 5.20. The van der Waals surface area contributed by atoms with Crippen molar-refractivity contribution in [1.82, 2.24) is 5.32 Å². The average Bonchev–Trinajstić information content (AvgIpc) is 2.82. The van der Waals surface area contributed by atoms with E-state index < -0.39 is 34.2 Å². The van der Waals surface area contributed by atoms with E-state index in [2.05, 4.69) is 5.32 Å². The highest BCUT2D eigenvalue weighted by Crippen LogP contribution is 2.33.